The molecule has 3 rings (SSSR count). The fourth-order valence-corrected chi connectivity index (χ4v) is 3.25. The summed E-state index contributed by atoms with van der Waals surface area (Å²) in [5.74, 6) is 0.701. The van der Waals surface area contributed by atoms with Crippen LogP contribution in [0.4, 0.5) is 0 Å². The van der Waals surface area contributed by atoms with E-state index in [-0.39, 0.29) is 11.9 Å². The quantitative estimate of drug-likeness (QED) is 0.634. The Morgan fingerprint density at radius 3 is 2.73 bits per heavy atom. The minimum atomic E-state index is -0.196. The van der Waals surface area contributed by atoms with E-state index in [9.17, 15) is 4.79 Å². The molecule has 0 bridgehead atoms. The Bertz CT molecular complexity index is 896. The maximum absolute atomic E-state index is 12.9. The van der Waals surface area contributed by atoms with Gasteiger partial charge in [-0.1, -0.05) is 23.8 Å². The first-order chi connectivity index (χ1) is 12.5. The molecule has 3 aromatic rings. The monoisotopic (exact) mass is 350 g/mol. The maximum Gasteiger partial charge on any atom is 0.252 e. The Morgan fingerprint density at radius 2 is 2.00 bits per heavy atom. The summed E-state index contributed by atoms with van der Waals surface area (Å²) in [5.41, 5.74) is 11.5. The van der Waals surface area contributed by atoms with Gasteiger partial charge in [-0.25, -0.2) is 4.98 Å². The number of aryl methyl sites for hydroxylation is 2. The van der Waals surface area contributed by atoms with Crippen LogP contribution in [0.25, 0.3) is 11.0 Å². The van der Waals surface area contributed by atoms with E-state index in [1.165, 1.54) is 0 Å². The van der Waals surface area contributed by atoms with Gasteiger partial charge in [0, 0.05) is 5.56 Å². The summed E-state index contributed by atoms with van der Waals surface area (Å²) in [7, 11) is 0. The molecule has 0 fully saturated rings. The van der Waals surface area contributed by atoms with Crippen molar-refractivity contribution >= 4 is 16.9 Å². The highest BCUT2D eigenvalue weighted by Crippen LogP contribution is 2.22. The van der Waals surface area contributed by atoms with Crippen molar-refractivity contribution in [1.29, 1.82) is 0 Å². The van der Waals surface area contributed by atoms with Crippen molar-refractivity contribution in [2.45, 2.75) is 39.7 Å². The van der Waals surface area contributed by atoms with Gasteiger partial charge >= 0.3 is 0 Å². The standard InChI is InChI=1S/C21H26N4O/c1-13-11-14(2)15(3)16(12-13)21(26)25-19(9-6-10-22)20-23-17-7-4-5-8-18(17)24-20/h4-5,7-8,11-12,19H,6,9-10,22H2,1-3H3,(H,23,24)(H,25,26). The highest BCUT2D eigenvalue weighted by Gasteiger charge is 2.20. The molecule has 136 valence electrons. The third-order valence-corrected chi connectivity index (χ3v) is 4.80. The summed E-state index contributed by atoms with van der Waals surface area (Å²) in [4.78, 5) is 20.9. The van der Waals surface area contributed by atoms with E-state index in [0.29, 0.717) is 6.54 Å². The number of aromatic amines is 1. The lowest BCUT2D eigenvalue weighted by Crippen LogP contribution is -2.30. The molecule has 1 heterocycles. The van der Waals surface area contributed by atoms with E-state index in [2.05, 4.69) is 21.4 Å². The van der Waals surface area contributed by atoms with Crippen molar-refractivity contribution in [3.8, 4) is 0 Å². The van der Waals surface area contributed by atoms with Crippen molar-refractivity contribution in [1.82, 2.24) is 15.3 Å². The van der Waals surface area contributed by atoms with E-state index < -0.39 is 0 Å². The molecule has 1 aromatic heterocycles. The van der Waals surface area contributed by atoms with Crippen LogP contribution in [0.2, 0.25) is 0 Å². The summed E-state index contributed by atoms with van der Waals surface area (Å²) in [6, 6.07) is 11.7. The number of benzene rings is 2. The molecule has 1 atom stereocenters. The Balaban J connectivity index is 1.90. The second-order valence-corrected chi connectivity index (χ2v) is 6.85. The van der Waals surface area contributed by atoms with E-state index in [1.54, 1.807) is 0 Å². The minimum absolute atomic E-state index is 0.0724. The van der Waals surface area contributed by atoms with E-state index in [4.69, 9.17) is 5.73 Å². The third kappa shape index (κ3) is 3.78. The van der Waals surface area contributed by atoms with Gasteiger partial charge in [-0.3, -0.25) is 4.79 Å². The zero-order valence-electron chi connectivity index (χ0n) is 15.6. The lowest BCUT2D eigenvalue weighted by Gasteiger charge is -2.18. The SMILES string of the molecule is Cc1cc(C)c(C)c(C(=O)NC(CCCN)c2nc3ccccc3[nH]2)c1. The smallest absolute Gasteiger partial charge is 0.252 e. The maximum atomic E-state index is 12.9. The fraction of sp³-hybridized carbons (Fsp3) is 0.333. The average molecular weight is 350 g/mol. The van der Waals surface area contributed by atoms with Crippen molar-refractivity contribution in [2.24, 2.45) is 5.73 Å². The topological polar surface area (TPSA) is 83.8 Å². The lowest BCUT2D eigenvalue weighted by molar-refractivity contribution is 0.0931. The van der Waals surface area contributed by atoms with Gasteiger partial charge in [0.2, 0.25) is 0 Å². The van der Waals surface area contributed by atoms with Crippen LogP contribution >= 0.6 is 0 Å². The van der Waals surface area contributed by atoms with Gasteiger partial charge in [-0.2, -0.15) is 0 Å². The summed E-state index contributed by atoms with van der Waals surface area (Å²) >= 11 is 0. The van der Waals surface area contributed by atoms with Crippen LogP contribution in [0.3, 0.4) is 0 Å². The lowest BCUT2D eigenvalue weighted by atomic mass is 9.99. The molecule has 5 heteroatoms. The number of para-hydroxylation sites is 2. The molecule has 1 unspecified atom stereocenters. The molecule has 0 saturated carbocycles. The molecule has 0 aliphatic rings. The molecule has 4 N–H and O–H groups in total. The van der Waals surface area contributed by atoms with Gasteiger partial charge in [-0.15, -0.1) is 0 Å². The number of aromatic nitrogens is 2. The molecule has 0 radical (unpaired) electrons. The molecule has 0 spiro atoms. The van der Waals surface area contributed by atoms with Gasteiger partial charge in [0.15, 0.2) is 0 Å². The van der Waals surface area contributed by atoms with Crippen molar-refractivity contribution in [3.05, 3.63) is 64.5 Å². The molecular weight excluding hydrogens is 324 g/mol. The molecule has 26 heavy (non-hydrogen) atoms. The largest absolute Gasteiger partial charge is 0.342 e. The van der Waals surface area contributed by atoms with Gasteiger partial charge in [-0.05, 0) is 69.5 Å². The predicted molar refractivity (Wildman–Crippen MR) is 105 cm³/mol. The predicted octanol–water partition coefficient (Wildman–Crippen LogP) is 3.70. The number of nitrogens with two attached hydrogens (primary N) is 1. The molecule has 5 nitrogen and oxygen atoms in total. The zero-order valence-corrected chi connectivity index (χ0v) is 15.6. The summed E-state index contributed by atoms with van der Waals surface area (Å²) in [6.45, 7) is 6.60. The van der Waals surface area contributed by atoms with Crippen molar-refractivity contribution in [3.63, 3.8) is 0 Å². The Kier molecular flexibility index (Phi) is 5.38. The number of carbonyl (C=O) groups excluding carboxylic acids is 1. The minimum Gasteiger partial charge on any atom is -0.342 e. The number of hydrogen-bond acceptors (Lipinski definition) is 3. The Labute approximate surface area is 154 Å². The second kappa shape index (κ2) is 7.70. The normalized spacial score (nSPS) is 12.3. The van der Waals surface area contributed by atoms with Gasteiger partial charge in [0.25, 0.3) is 5.91 Å². The number of hydrogen-bond donors (Lipinski definition) is 3. The zero-order chi connectivity index (χ0) is 18.7. The summed E-state index contributed by atoms with van der Waals surface area (Å²) in [6.07, 6.45) is 1.56. The Hall–Kier alpha value is -2.66. The molecular formula is C21H26N4O. The van der Waals surface area contributed by atoms with Gasteiger partial charge in [0.1, 0.15) is 5.82 Å². The average Bonchev–Trinajstić information content (AvgIpc) is 3.05. The van der Waals surface area contributed by atoms with Crippen LogP contribution in [0.1, 0.15) is 51.8 Å². The van der Waals surface area contributed by atoms with Crippen LogP contribution in [0.5, 0.6) is 0 Å². The highest BCUT2D eigenvalue weighted by atomic mass is 16.1. The van der Waals surface area contributed by atoms with E-state index in [0.717, 1.165) is 52.0 Å². The number of nitrogens with zero attached hydrogens (tertiary/aromatic N) is 1. The van der Waals surface area contributed by atoms with Crippen LogP contribution in [-0.4, -0.2) is 22.4 Å². The van der Waals surface area contributed by atoms with Crippen molar-refractivity contribution in [2.75, 3.05) is 6.54 Å². The number of fused-ring (bicyclic) bond motifs is 1. The van der Waals surface area contributed by atoms with Gasteiger partial charge in [0.05, 0.1) is 17.1 Å². The fourth-order valence-electron chi connectivity index (χ4n) is 3.25. The summed E-state index contributed by atoms with van der Waals surface area (Å²) in [5, 5.41) is 3.15. The number of H-pyrrole nitrogens is 1. The first-order valence-corrected chi connectivity index (χ1v) is 9.03. The second-order valence-electron chi connectivity index (χ2n) is 6.85. The van der Waals surface area contributed by atoms with Crippen LogP contribution in [-0.2, 0) is 0 Å². The molecule has 1 amide bonds. The van der Waals surface area contributed by atoms with E-state index >= 15 is 0 Å². The first kappa shape index (κ1) is 18.1. The number of imidazole rings is 1. The van der Waals surface area contributed by atoms with Crippen LogP contribution < -0.4 is 11.1 Å². The van der Waals surface area contributed by atoms with E-state index in [1.807, 2.05) is 51.1 Å². The summed E-state index contributed by atoms with van der Waals surface area (Å²) < 4.78 is 0. The highest BCUT2D eigenvalue weighted by molar-refractivity contribution is 5.96. The third-order valence-electron chi connectivity index (χ3n) is 4.80. The number of nitrogens with one attached hydrogen (secondary N) is 2. The molecule has 0 saturated heterocycles. The molecule has 2 aromatic carbocycles. The number of rotatable bonds is 6. The number of amides is 1. The van der Waals surface area contributed by atoms with Crippen LogP contribution in [0, 0.1) is 20.8 Å². The van der Waals surface area contributed by atoms with Crippen LogP contribution in [0.15, 0.2) is 36.4 Å². The first-order valence-electron chi connectivity index (χ1n) is 9.03. The Morgan fingerprint density at radius 1 is 1.23 bits per heavy atom. The molecule has 0 aliphatic heterocycles. The van der Waals surface area contributed by atoms with Crippen molar-refractivity contribution < 1.29 is 4.79 Å². The van der Waals surface area contributed by atoms with Gasteiger partial charge < -0.3 is 16.0 Å². The number of carbonyl (C=O) groups is 1. The molecule has 0 aliphatic carbocycles.